The molecule has 0 amide bonds. The molecule has 6 aromatic rings. The van der Waals surface area contributed by atoms with Crippen LogP contribution in [0.4, 0.5) is 22.7 Å². The Morgan fingerprint density at radius 3 is 1.11 bits per heavy atom. The molecule has 0 radical (unpaired) electrons. The van der Waals surface area contributed by atoms with Crippen molar-refractivity contribution in [1.29, 1.82) is 0 Å². The van der Waals surface area contributed by atoms with E-state index in [1.165, 1.54) is 76.6 Å². The molecule has 0 spiro atoms. The summed E-state index contributed by atoms with van der Waals surface area (Å²) in [6.45, 7) is 14.0. The maximum atomic E-state index is 4.07. The van der Waals surface area contributed by atoms with Crippen LogP contribution in [0.2, 0.25) is 0 Å². The zero-order valence-corrected chi connectivity index (χ0v) is 28.2. The van der Waals surface area contributed by atoms with E-state index in [2.05, 4.69) is 161 Å². The van der Waals surface area contributed by atoms with E-state index < -0.39 is 15.8 Å². The Labute approximate surface area is 264 Å². The normalized spacial score (nSPS) is 16.3. The van der Waals surface area contributed by atoms with Gasteiger partial charge in [0.1, 0.15) is 0 Å². The van der Waals surface area contributed by atoms with E-state index in [1.54, 1.807) is 0 Å². The van der Waals surface area contributed by atoms with Crippen LogP contribution in [0.25, 0.3) is 21.5 Å². The van der Waals surface area contributed by atoms with Crippen LogP contribution in [0.5, 0.6) is 0 Å². The van der Waals surface area contributed by atoms with Gasteiger partial charge in [-0.3, -0.25) is 0 Å². The van der Waals surface area contributed by atoms with Gasteiger partial charge in [-0.1, -0.05) is 99.5 Å². The van der Waals surface area contributed by atoms with Crippen LogP contribution in [-0.4, -0.2) is 11.3 Å². The van der Waals surface area contributed by atoms with E-state index in [4.69, 9.17) is 0 Å². The Morgan fingerprint density at radius 1 is 0.409 bits per heavy atom. The van der Waals surface area contributed by atoms with Crippen molar-refractivity contribution < 1.29 is 0 Å². The molecule has 0 atom stereocenters. The number of hydrogen-bond donors (Lipinski definition) is 2. The monoisotopic (exact) mass is 610 g/mol. The van der Waals surface area contributed by atoms with E-state index in [9.17, 15) is 0 Å². The summed E-state index contributed by atoms with van der Waals surface area (Å²) in [4.78, 5) is 0. The van der Waals surface area contributed by atoms with Crippen LogP contribution >= 0.6 is 15.8 Å². The van der Waals surface area contributed by atoms with Crippen LogP contribution in [0.1, 0.15) is 38.8 Å². The predicted molar refractivity (Wildman–Crippen MR) is 199 cm³/mol. The maximum Gasteiger partial charge on any atom is 0.0472 e. The molecule has 7 rings (SSSR count). The van der Waals surface area contributed by atoms with Crippen molar-refractivity contribution in [1.82, 2.24) is 0 Å². The Bertz CT molecular complexity index is 1890. The highest BCUT2D eigenvalue weighted by atomic mass is 31.1. The SMILES string of the molecule is Cc1ccc2c(c1)P(C(C)C)c1cc(C)ccc1Nc1cc3ccccc3cc1P(C(C)C)c1cc3ccccc3cc1N2. The lowest BCUT2D eigenvalue weighted by Crippen LogP contribution is -2.27. The highest BCUT2D eigenvalue weighted by Gasteiger charge is 2.29. The van der Waals surface area contributed by atoms with Crippen molar-refractivity contribution in [2.24, 2.45) is 0 Å². The van der Waals surface area contributed by atoms with Crippen LogP contribution in [0.3, 0.4) is 0 Å². The van der Waals surface area contributed by atoms with Crippen molar-refractivity contribution in [2.75, 3.05) is 10.6 Å². The summed E-state index contributed by atoms with van der Waals surface area (Å²) >= 11 is 0. The fourth-order valence-corrected chi connectivity index (χ4v) is 12.1. The van der Waals surface area contributed by atoms with Gasteiger partial charge in [0, 0.05) is 44.0 Å². The summed E-state index contributed by atoms with van der Waals surface area (Å²) < 4.78 is 0. The molecule has 0 saturated carbocycles. The van der Waals surface area contributed by atoms with Crippen molar-refractivity contribution in [3.05, 3.63) is 120 Å². The lowest BCUT2D eigenvalue weighted by atomic mass is 10.1. The van der Waals surface area contributed by atoms with Gasteiger partial charge in [0.15, 0.2) is 0 Å². The summed E-state index contributed by atoms with van der Waals surface area (Å²) in [5, 5.41) is 18.9. The smallest absolute Gasteiger partial charge is 0.0472 e. The first kappa shape index (κ1) is 29.0. The Morgan fingerprint density at radius 2 is 0.750 bits per heavy atom. The zero-order valence-electron chi connectivity index (χ0n) is 26.4. The second kappa shape index (κ2) is 11.7. The maximum absolute atomic E-state index is 4.07. The second-order valence-electron chi connectivity index (χ2n) is 12.7. The summed E-state index contributed by atoms with van der Waals surface area (Å²) in [6, 6.07) is 41.3. The largest absolute Gasteiger partial charge is 0.354 e. The zero-order chi connectivity index (χ0) is 30.5. The van der Waals surface area contributed by atoms with Crippen molar-refractivity contribution in [3.63, 3.8) is 0 Å². The minimum Gasteiger partial charge on any atom is -0.354 e. The third kappa shape index (κ3) is 5.30. The van der Waals surface area contributed by atoms with Gasteiger partial charge in [-0.25, -0.2) is 0 Å². The van der Waals surface area contributed by atoms with Crippen LogP contribution in [0, 0.1) is 13.8 Å². The molecule has 6 aromatic carbocycles. The lowest BCUT2D eigenvalue weighted by Gasteiger charge is -2.33. The molecule has 4 heteroatoms. The average molecular weight is 611 g/mol. The van der Waals surface area contributed by atoms with Gasteiger partial charge in [-0.2, -0.15) is 0 Å². The molecular weight excluding hydrogens is 570 g/mol. The average Bonchev–Trinajstić information content (AvgIpc) is 2.99. The van der Waals surface area contributed by atoms with E-state index >= 15 is 0 Å². The van der Waals surface area contributed by atoms with Crippen molar-refractivity contribution >= 4 is 81.4 Å². The number of aryl methyl sites for hydroxylation is 2. The van der Waals surface area contributed by atoms with Gasteiger partial charge in [-0.15, -0.1) is 0 Å². The standard InChI is InChI=1S/C40H40N2P2/c1-25(2)43-37-19-27(5)15-17-33(37)41-35-21-29-11-7-9-13-31(29)23-39(35)44(26(3)4)40-24-32-14-10-8-12-30(32)22-36(40)42-34-18-16-28(6)20-38(34)43/h7-26,41-42H,1-6H3. The molecule has 1 aliphatic heterocycles. The number of hydrogen-bond acceptors (Lipinski definition) is 2. The van der Waals surface area contributed by atoms with Gasteiger partial charge < -0.3 is 10.6 Å². The molecule has 2 N–H and O–H groups in total. The van der Waals surface area contributed by atoms with Gasteiger partial charge in [0.2, 0.25) is 0 Å². The predicted octanol–water partition coefficient (Wildman–Crippen LogP) is 10.1. The quantitative estimate of drug-likeness (QED) is 0.191. The second-order valence-corrected chi connectivity index (χ2v) is 18.1. The molecule has 1 aliphatic rings. The first-order valence-electron chi connectivity index (χ1n) is 15.7. The molecule has 220 valence electrons. The molecule has 0 bridgehead atoms. The van der Waals surface area contributed by atoms with Crippen LogP contribution < -0.4 is 31.9 Å². The van der Waals surface area contributed by atoms with Gasteiger partial charge in [0.05, 0.1) is 0 Å². The molecular formula is C40H40N2P2. The minimum absolute atomic E-state index is 0.430. The molecule has 0 unspecified atom stereocenters. The Balaban J connectivity index is 1.61. The van der Waals surface area contributed by atoms with E-state index in [0.29, 0.717) is 11.3 Å². The fraction of sp³-hybridized carbons (Fsp3) is 0.200. The number of rotatable bonds is 2. The minimum atomic E-state index is -0.736. The van der Waals surface area contributed by atoms with Crippen LogP contribution in [-0.2, 0) is 0 Å². The number of anilines is 4. The third-order valence-corrected chi connectivity index (χ3v) is 14.3. The summed E-state index contributed by atoms with van der Waals surface area (Å²) in [5.74, 6) is 0. The molecule has 0 fully saturated rings. The van der Waals surface area contributed by atoms with E-state index in [0.717, 1.165) is 0 Å². The summed E-state index contributed by atoms with van der Waals surface area (Å²) in [7, 11) is -1.41. The van der Waals surface area contributed by atoms with Gasteiger partial charge in [0.25, 0.3) is 0 Å². The highest BCUT2D eigenvalue weighted by Crippen LogP contribution is 2.49. The number of nitrogens with one attached hydrogen (secondary N) is 2. The van der Waals surface area contributed by atoms with Crippen molar-refractivity contribution in [2.45, 2.75) is 52.9 Å². The van der Waals surface area contributed by atoms with E-state index in [-0.39, 0.29) is 0 Å². The fourth-order valence-electron chi connectivity index (χ4n) is 6.61. The van der Waals surface area contributed by atoms with Crippen LogP contribution in [0.15, 0.2) is 109 Å². The summed E-state index contributed by atoms with van der Waals surface area (Å²) in [6.07, 6.45) is 0. The first-order chi connectivity index (χ1) is 21.3. The lowest BCUT2D eigenvalue weighted by molar-refractivity contribution is 1.10. The van der Waals surface area contributed by atoms with Crippen molar-refractivity contribution in [3.8, 4) is 0 Å². The molecule has 0 aromatic heterocycles. The highest BCUT2D eigenvalue weighted by molar-refractivity contribution is 7.74. The molecule has 2 nitrogen and oxygen atoms in total. The molecule has 1 heterocycles. The summed E-state index contributed by atoms with van der Waals surface area (Å²) in [5.41, 5.74) is 8.36. The number of fused-ring (bicyclic) bond motifs is 6. The van der Waals surface area contributed by atoms with Gasteiger partial charge >= 0.3 is 0 Å². The molecule has 44 heavy (non-hydrogen) atoms. The van der Waals surface area contributed by atoms with Gasteiger partial charge in [-0.05, 0) is 111 Å². The first-order valence-corrected chi connectivity index (χ1v) is 18.5. The Kier molecular flexibility index (Phi) is 7.70. The molecule has 0 aliphatic carbocycles. The Hall–Kier alpha value is -3.70. The van der Waals surface area contributed by atoms with E-state index in [1.807, 2.05) is 0 Å². The number of benzene rings is 6. The third-order valence-electron chi connectivity index (χ3n) is 8.64. The molecule has 0 saturated heterocycles. The topological polar surface area (TPSA) is 24.1 Å².